The van der Waals surface area contributed by atoms with E-state index >= 15 is 0 Å². The van der Waals surface area contributed by atoms with Crippen molar-refractivity contribution in [3.05, 3.63) is 57.8 Å². The van der Waals surface area contributed by atoms with Gasteiger partial charge in [0.15, 0.2) is 0 Å². The van der Waals surface area contributed by atoms with Gasteiger partial charge in [-0.1, -0.05) is 0 Å². The normalized spacial score (nSPS) is 18.5. The Kier molecular flexibility index (Phi) is 4.60. The number of aromatic nitrogens is 2. The van der Waals surface area contributed by atoms with Crippen molar-refractivity contribution >= 4 is 23.0 Å². The fourth-order valence-corrected chi connectivity index (χ4v) is 7.38. The SMILES string of the molecule is COc1c(F)cccc1Nc1c2c3n4c1-c1ccncc1OCCC4=C[I-][C@H]3CNC2=O. The number of alkyl halides is 1. The first kappa shape index (κ1) is 19.6. The van der Waals surface area contributed by atoms with Crippen LogP contribution in [0.15, 0.2) is 40.7 Å². The zero-order valence-corrected chi connectivity index (χ0v) is 19.3. The van der Waals surface area contributed by atoms with Crippen molar-refractivity contribution in [2.45, 2.75) is 10.3 Å². The molecule has 0 spiro atoms. The number of pyridine rings is 1. The van der Waals surface area contributed by atoms with Crippen LogP contribution in [0, 0.1) is 5.82 Å². The van der Waals surface area contributed by atoms with Gasteiger partial charge in [-0.15, -0.1) is 0 Å². The monoisotopic (exact) mass is 545 g/mol. The van der Waals surface area contributed by atoms with Crippen molar-refractivity contribution in [3.63, 3.8) is 0 Å². The van der Waals surface area contributed by atoms with Gasteiger partial charge in [0.2, 0.25) is 0 Å². The maximum atomic E-state index is 14.4. The number of para-hydroxylation sites is 1. The second-order valence-corrected chi connectivity index (χ2v) is 10.5. The molecule has 0 saturated carbocycles. The van der Waals surface area contributed by atoms with Gasteiger partial charge in [0.05, 0.1) is 0 Å². The molecule has 0 radical (unpaired) electrons. The van der Waals surface area contributed by atoms with Crippen LogP contribution in [0.5, 0.6) is 11.5 Å². The van der Waals surface area contributed by atoms with E-state index in [-0.39, 0.29) is 36.8 Å². The number of ether oxygens (including phenoxy) is 2. The number of nitrogens with zero attached hydrogens (tertiary/aromatic N) is 2. The van der Waals surface area contributed by atoms with Crippen molar-refractivity contribution in [1.82, 2.24) is 14.9 Å². The van der Waals surface area contributed by atoms with Crippen molar-refractivity contribution in [1.29, 1.82) is 0 Å². The molecule has 0 fully saturated rings. The van der Waals surface area contributed by atoms with Crippen LogP contribution in [0.25, 0.3) is 17.0 Å². The summed E-state index contributed by atoms with van der Waals surface area (Å²) >= 11 is -0.280. The average Bonchev–Trinajstić information content (AvgIpc) is 3.12. The first-order valence-electron chi connectivity index (χ1n) is 10.2. The van der Waals surface area contributed by atoms with Crippen molar-refractivity contribution in [2.75, 3.05) is 25.6 Å². The summed E-state index contributed by atoms with van der Waals surface area (Å²) in [6.07, 6.45) is 4.15. The van der Waals surface area contributed by atoms with Gasteiger partial charge >= 0.3 is 194 Å². The Hall–Kier alpha value is -3.08. The molecule has 3 aromatic rings. The number of methoxy groups -OCH3 is 1. The van der Waals surface area contributed by atoms with Crippen LogP contribution in [0.2, 0.25) is 0 Å². The van der Waals surface area contributed by atoms with Crippen molar-refractivity contribution in [3.8, 4) is 22.8 Å². The summed E-state index contributed by atoms with van der Waals surface area (Å²) in [6.45, 7) is 1.17. The molecule has 0 unspecified atom stereocenters. The molecule has 0 bridgehead atoms. The molecule has 6 rings (SSSR count). The van der Waals surface area contributed by atoms with E-state index in [1.54, 1.807) is 24.5 Å². The van der Waals surface area contributed by atoms with Gasteiger partial charge in [0, 0.05) is 0 Å². The third-order valence-corrected chi connectivity index (χ3v) is 8.86. The molecule has 9 heteroatoms. The molecule has 1 amide bonds. The molecule has 1 aromatic carbocycles. The zero-order valence-electron chi connectivity index (χ0n) is 17.1. The Bertz CT molecular complexity index is 1300. The van der Waals surface area contributed by atoms with Crippen LogP contribution >= 0.6 is 0 Å². The van der Waals surface area contributed by atoms with E-state index in [1.165, 1.54) is 13.2 Å². The molecular weight excluding hydrogens is 526 g/mol. The number of rotatable bonds is 3. The molecule has 32 heavy (non-hydrogen) atoms. The minimum absolute atomic E-state index is 0.101. The summed E-state index contributed by atoms with van der Waals surface area (Å²) in [4.78, 5) is 17.4. The van der Waals surface area contributed by atoms with Crippen LogP contribution in [0.4, 0.5) is 15.8 Å². The molecule has 0 aliphatic carbocycles. The van der Waals surface area contributed by atoms with Crippen LogP contribution < -0.4 is 41.3 Å². The van der Waals surface area contributed by atoms with Gasteiger partial charge in [0.25, 0.3) is 0 Å². The first-order chi connectivity index (χ1) is 15.7. The van der Waals surface area contributed by atoms with E-state index in [2.05, 4.69) is 24.3 Å². The van der Waals surface area contributed by atoms with Gasteiger partial charge in [-0.25, -0.2) is 0 Å². The molecule has 7 nitrogen and oxygen atoms in total. The fourth-order valence-electron chi connectivity index (χ4n) is 4.53. The summed E-state index contributed by atoms with van der Waals surface area (Å²) in [7, 11) is 1.43. The number of fused-ring (bicyclic) bond motifs is 2. The molecule has 5 heterocycles. The van der Waals surface area contributed by atoms with Crippen LogP contribution in [0.1, 0.15) is 26.4 Å². The number of hydrogen-bond donors (Lipinski definition) is 2. The number of carbonyl (C=O) groups is 1. The zero-order chi connectivity index (χ0) is 21.8. The number of halogens is 2. The summed E-state index contributed by atoms with van der Waals surface area (Å²) in [5, 5.41) is 6.40. The average molecular weight is 545 g/mol. The Morgan fingerprint density at radius 1 is 1.38 bits per heavy atom. The van der Waals surface area contributed by atoms with Gasteiger partial charge in [-0.05, 0) is 0 Å². The Balaban J connectivity index is 1.68. The van der Waals surface area contributed by atoms with E-state index in [0.29, 0.717) is 35.8 Å². The summed E-state index contributed by atoms with van der Waals surface area (Å²) in [5.74, 6) is 0.155. The van der Waals surface area contributed by atoms with Crippen LogP contribution in [-0.4, -0.2) is 35.7 Å². The number of benzene rings is 1. The summed E-state index contributed by atoms with van der Waals surface area (Å²) in [5.41, 5.74) is 5.54. The van der Waals surface area contributed by atoms with Crippen molar-refractivity contribution in [2.24, 2.45) is 0 Å². The maximum absolute atomic E-state index is 14.4. The molecule has 2 aromatic heterocycles. The topological polar surface area (TPSA) is 77.4 Å². The Morgan fingerprint density at radius 2 is 2.28 bits per heavy atom. The van der Waals surface area contributed by atoms with Gasteiger partial charge in [-0.3, -0.25) is 0 Å². The molecule has 0 saturated heterocycles. The van der Waals surface area contributed by atoms with Gasteiger partial charge in [-0.2, -0.15) is 0 Å². The van der Waals surface area contributed by atoms with Crippen molar-refractivity contribution < 1.29 is 39.9 Å². The van der Waals surface area contributed by atoms with E-state index in [4.69, 9.17) is 9.47 Å². The molecule has 164 valence electrons. The van der Waals surface area contributed by atoms with E-state index in [0.717, 1.165) is 29.1 Å². The predicted molar refractivity (Wildman–Crippen MR) is 113 cm³/mol. The predicted octanol–water partition coefficient (Wildman–Crippen LogP) is 0.909. The fraction of sp³-hybridized carbons (Fsp3) is 0.217. The van der Waals surface area contributed by atoms with E-state index in [1.807, 2.05) is 6.07 Å². The summed E-state index contributed by atoms with van der Waals surface area (Å²) < 4.78 is 30.6. The standard InChI is InChI=1S/C23H19FIN4O3/c1-31-22-14(24)3-2-4-16(22)28-19-18-21-15(10-27-23(18)30)25-9-12-6-8-32-17-11-26-7-5-13(17)20(19)29(12)21/h2-5,7,9,11,15,28H,6,8,10H2,1H3,(H,27,30)/q-1/t15-/m0/s1. The Labute approximate surface area is 193 Å². The summed E-state index contributed by atoms with van der Waals surface area (Å²) in [6, 6.07) is 6.60. The van der Waals surface area contributed by atoms with Gasteiger partial charge < -0.3 is 0 Å². The second-order valence-electron chi connectivity index (χ2n) is 7.64. The molecule has 1 atom stereocenters. The minimum atomic E-state index is -0.473. The van der Waals surface area contributed by atoms with E-state index < -0.39 is 5.82 Å². The van der Waals surface area contributed by atoms with Gasteiger partial charge in [0.1, 0.15) is 0 Å². The molecule has 3 aliphatic heterocycles. The first-order valence-corrected chi connectivity index (χ1v) is 12.7. The molecular formula is C23H19FIN4O3-. The third-order valence-electron chi connectivity index (χ3n) is 5.89. The number of carbonyl (C=O) groups excluding carboxylic acids is 1. The molecule has 3 aliphatic rings. The Morgan fingerprint density at radius 3 is 3.16 bits per heavy atom. The third kappa shape index (κ3) is 2.83. The number of amides is 1. The number of anilines is 2. The number of nitrogens with one attached hydrogen (secondary N) is 2. The quantitative estimate of drug-likeness (QED) is 0.378. The van der Waals surface area contributed by atoms with Crippen LogP contribution in [0.3, 0.4) is 0 Å². The van der Waals surface area contributed by atoms with Crippen LogP contribution in [-0.2, 0) is 0 Å². The number of hydrogen-bond acceptors (Lipinski definition) is 5. The molecule has 2 N–H and O–H groups in total. The second kappa shape index (κ2) is 7.51. The van der Waals surface area contributed by atoms with E-state index in [9.17, 15) is 9.18 Å².